The molecule has 0 saturated heterocycles. The summed E-state index contributed by atoms with van der Waals surface area (Å²) >= 11 is 0. The SMILES string of the molecule is C=C(C)[C@@H]1CCC(C)=C[C@H]1c1c(O)cc2c(c1O)[C@H](C[CH2-])CCN2.[Y]. The standard InChI is InChI=1S/C21H28NO2.Y/c1-5-14-8-9-22-17-11-18(23)20(21(24)19(14)17)16-10-13(4)6-7-15(16)12(2)3;/h10-11,14-16,22-24H,1-2,5-9H2,3-4H3;/q-1;/t14-,15+,16-;/m1./s1. The van der Waals surface area contributed by atoms with Gasteiger partial charge in [-0.2, -0.15) is 6.42 Å². The first-order valence-corrected chi connectivity index (χ1v) is 8.88. The van der Waals surface area contributed by atoms with Crippen LogP contribution in [0.5, 0.6) is 11.5 Å². The van der Waals surface area contributed by atoms with Gasteiger partial charge < -0.3 is 22.5 Å². The van der Waals surface area contributed by atoms with Gasteiger partial charge in [0.2, 0.25) is 0 Å². The van der Waals surface area contributed by atoms with E-state index in [0.29, 0.717) is 5.56 Å². The average Bonchev–Trinajstić information content (AvgIpc) is 2.53. The van der Waals surface area contributed by atoms with Gasteiger partial charge in [-0.25, -0.2) is 0 Å². The maximum absolute atomic E-state index is 11.1. The first-order valence-electron chi connectivity index (χ1n) is 8.88. The van der Waals surface area contributed by atoms with E-state index in [0.717, 1.165) is 49.1 Å². The van der Waals surface area contributed by atoms with Crippen molar-refractivity contribution in [1.82, 2.24) is 0 Å². The van der Waals surface area contributed by atoms with Crippen LogP contribution in [0.25, 0.3) is 0 Å². The first kappa shape index (κ1) is 20.5. The van der Waals surface area contributed by atoms with Gasteiger partial charge in [0.15, 0.2) is 0 Å². The van der Waals surface area contributed by atoms with Crippen LogP contribution in [0.2, 0.25) is 0 Å². The minimum Gasteiger partial charge on any atom is -0.507 e. The van der Waals surface area contributed by atoms with Crippen LogP contribution in [0.15, 0.2) is 29.9 Å². The van der Waals surface area contributed by atoms with E-state index >= 15 is 0 Å². The number of rotatable bonds is 3. The number of benzene rings is 1. The second kappa shape index (κ2) is 8.26. The average molecular weight is 415 g/mol. The topological polar surface area (TPSA) is 52.5 Å². The second-order valence-electron chi connectivity index (χ2n) is 7.35. The fourth-order valence-electron chi connectivity index (χ4n) is 4.29. The molecule has 133 valence electrons. The zero-order chi connectivity index (χ0) is 17.4. The Balaban J connectivity index is 0.00000225. The van der Waals surface area contributed by atoms with E-state index < -0.39 is 0 Å². The molecule has 4 heteroatoms. The molecule has 0 unspecified atom stereocenters. The second-order valence-corrected chi connectivity index (χ2v) is 7.35. The quantitative estimate of drug-likeness (QED) is 0.468. The number of allylic oxidation sites excluding steroid dienone is 3. The molecule has 1 aromatic carbocycles. The zero-order valence-electron chi connectivity index (χ0n) is 15.3. The Morgan fingerprint density at radius 1 is 1.32 bits per heavy atom. The summed E-state index contributed by atoms with van der Waals surface area (Å²) in [7, 11) is 0. The summed E-state index contributed by atoms with van der Waals surface area (Å²) in [4.78, 5) is 0. The maximum Gasteiger partial charge on any atom is 0.128 e. The van der Waals surface area contributed by atoms with Crippen molar-refractivity contribution in [2.45, 2.75) is 51.4 Å². The number of anilines is 1. The van der Waals surface area contributed by atoms with Gasteiger partial charge in [-0.3, -0.25) is 0 Å². The number of phenolic OH excluding ortho intramolecular Hbond substituents is 2. The molecule has 0 fully saturated rings. The number of hydrogen-bond acceptors (Lipinski definition) is 3. The number of hydrogen-bond donors (Lipinski definition) is 3. The Kier molecular flexibility index (Phi) is 6.78. The molecule has 0 spiro atoms. The maximum atomic E-state index is 11.1. The normalized spacial score (nSPS) is 25.2. The van der Waals surface area contributed by atoms with Gasteiger partial charge in [0, 0.05) is 68.1 Å². The van der Waals surface area contributed by atoms with Crippen molar-refractivity contribution >= 4 is 5.69 Å². The Hall–Kier alpha value is -0.796. The van der Waals surface area contributed by atoms with Crippen LogP contribution in [0.4, 0.5) is 5.69 Å². The number of nitrogens with one attached hydrogen (secondary N) is 1. The van der Waals surface area contributed by atoms with E-state index in [1.807, 2.05) is 6.92 Å². The number of aromatic hydroxyl groups is 2. The van der Waals surface area contributed by atoms with E-state index in [1.54, 1.807) is 6.07 Å². The van der Waals surface area contributed by atoms with Crippen molar-refractivity contribution in [2.75, 3.05) is 11.9 Å². The van der Waals surface area contributed by atoms with E-state index in [1.165, 1.54) is 5.57 Å². The number of phenols is 2. The molecular formula is C21H28NO2Y-. The summed E-state index contributed by atoms with van der Waals surface area (Å²) in [6.45, 7) is 13.2. The summed E-state index contributed by atoms with van der Waals surface area (Å²) < 4.78 is 0. The zero-order valence-corrected chi connectivity index (χ0v) is 18.1. The van der Waals surface area contributed by atoms with Crippen molar-refractivity contribution in [2.24, 2.45) is 5.92 Å². The fraction of sp³-hybridized carbons (Fsp3) is 0.476. The molecule has 3 atom stereocenters. The third-order valence-electron chi connectivity index (χ3n) is 5.64. The van der Waals surface area contributed by atoms with Gasteiger partial charge in [-0.15, -0.1) is 0 Å². The van der Waals surface area contributed by atoms with Crippen LogP contribution < -0.4 is 5.32 Å². The van der Waals surface area contributed by atoms with Crippen molar-refractivity contribution in [1.29, 1.82) is 0 Å². The molecule has 1 aromatic rings. The largest absolute Gasteiger partial charge is 0.507 e. The van der Waals surface area contributed by atoms with Gasteiger partial charge in [-0.1, -0.05) is 23.8 Å². The van der Waals surface area contributed by atoms with Gasteiger partial charge in [-0.05, 0) is 44.9 Å². The van der Waals surface area contributed by atoms with Gasteiger partial charge in [0.1, 0.15) is 11.5 Å². The Bertz CT molecular complexity index is 696. The molecule has 3 N–H and O–H groups in total. The van der Waals surface area contributed by atoms with Crippen molar-refractivity contribution in [3.05, 3.63) is 47.9 Å². The Morgan fingerprint density at radius 3 is 2.68 bits per heavy atom. The third kappa shape index (κ3) is 3.83. The molecule has 0 saturated carbocycles. The summed E-state index contributed by atoms with van der Waals surface area (Å²) in [6, 6.07) is 1.78. The summed E-state index contributed by atoms with van der Waals surface area (Å²) in [5.74, 6) is 0.878. The minimum atomic E-state index is -0.0195. The first-order chi connectivity index (χ1) is 11.4. The van der Waals surface area contributed by atoms with Crippen LogP contribution in [0, 0.1) is 12.8 Å². The van der Waals surface area contributed by atoms with E-state index in [-0.39, 0.29) is 62.0 Å². The molecule has 1 radical (unpaired) electrons. The van der Waals surface area contributed by atoms with E-state index in [2.05, 4.69) is 31.8 Å². The molecule has 1 aliphatic heterocycles. The van der Waals surface area contributed by atoms with Gasteiger partial charge in [0.25, 0.3) is 0 Å². The molecule has 1 heterocycles. The summed E-state index contributed by atoms with van der Waals surface area (Å²) in [5, 5.41) is 25.0. The molecule has 3 rings (SSSR count). The molecule has 0 amide bonds. The van der Waals surface area contributed by atoms with Gasteiger partial charge >= 0.3 is 0 Å². The number of fused-ring (bicyclic) bond motifs is 1. The van der Waals surface area contributed by atoms with Crippen molar-refractivity contribution < 1.29 is 42.9 Å². The van der Waals surface area contributed by atoms with Gasteiger partial charge in [0.05, 0.1) is 0 Å². The summed E-state index contributed by atoms with van der Waals surface area (Å²) in [5.41, 5.74) is 4.83. The van der Waals surface area contributed by atoms with E-state index in [9.17, 15) is 10.2 Å². The Labute approximate surface area is 176 Å². The molecule has 1 aliphatic carbocycles. The fourth-order valence-corrected chi connectivity index (χ4v) is 4.29. The molecule has 3 nitrogen and oxygen atoms in total. The molecule has 0 aromatic heterocycles. The van der Waals surface area contributed by atoms with E-state index in [4.69, 9.17) is 0 Å². The monoisotopic (exact) mass is 415 g/mol. The molecular weight excluding hydrogens is 387 g/mol. The van der Waals surface area contributed by atoms with Crippen LogP contribution in [0.3, 0.4) is 0 Å². The van der Waals surface area contributed by atoms with Crippen LogP contribution >= 0.6 is 0 Å². The summed E-state index contributed by atoms with van der Waals surface area (Å²) in [6.07, 6.45) is 5.95. The molecule has 2 aliphatic rings. The predicted octanol–water partition coefficient (Wildman–Crippen LogP) is 5.23. The molecule has 0 bridgehead atoms. The van der Waals surface area contributed by atoms with Crippen LogP contribution in [0.1, 0.15) is 62.5 Å². The third-order valence-corrected chi connectivity index (χ3v) is 5.64. The van der Waals surface area contributed by atoms with Crippen LogP contribution in [-0.2, 0) is 32.7 Å². The predicted molar refractivity (Wildman–Crippen MR) is 99.6 cm³/mol. The van der Waals surface area contributed by atoms with Crippen LogP contribution in [-0.4, -0.2) is 16.8 Å². The smallest absolute Gasteiger partial charge is 0.128 e. The van der Waals surface area contributed by atoms with Crippen molar-refractivity contribution in [3.63, 3.8) is 0 Å². The molecule has 25 heavy (non-hydrogen) atoms. The van der Waals surface area contributed by atoms with Crippen molar-refractivity contribution in [3.8, 4) is 11.5 Å². The Morgan fingerprint density at radius 2 is 2.04 bits per heavy atom. The minimum absolute atomic E-state index is 0.